The fourth-order valence-corrected chi connectivity index (χ4v) is 1.37. The second-order valence-electron chi connectivity index (χ2n) is 2.12. The molecule has 0 atom stereocenters. The molecule has 0 saturated carbocycles. The second kappa shape index (κ2) is 2.46. The lowest BCUT2D eigenvalue weighted by molar-refractivity contribution is 0.492. The van der Waals surface area contributed by atoms with Gasteiger partial charge in [-0.05, 0) is 12.1 Å². The standard InChI is InChI=1S/C7H5NOS2/c10-5-3-1-2-4-6(5)8-7(11)9-4/h1-3,10H,(H,8,11). The van der Waals surface area contributed by atoms with Crippen molar-refractivity contribution in [2.45, 2.75) is 10.1 Å². The molecule has 1 aromatic heterocycles. The summed E-state index contributed by atoms with van der Waals surface area (Å²) in [4.78, 5) is 4.85. The summed E-state index contributed by atoms with van der Waals surface area (Å²) in [5.74, 6) is 0. The Bertz CT molecular complexity index is 396. The summed E-state index contributed by atoms with van der Waals surface area (Å²) >= 11 is 8.19. The van der Waals surface area contributed by atoms with Crippen molar-refractivity contribution in [1.29, 1.82) is 0 Å². The fourth-order valence-electron chi connectivity index (χ4n) is 0.922. The Morgan fingerprint density at radius 3 is 2.82 bits per heavy atom. The molecule has 0 aliphatic rings. The van der Waals surface area contributed by atoms with Gasteiger partial charge in [0.05, 0.1) is 0 Å². The van der Waals surface area contributed by atoms with E-state index in [0.717, 1.165) is 16.0 Å². The number of hydrogen-bond acceptors (Lipinski definition) is 4. The van der Waals surface area contributed by atoms with E-state index in [9.17, 15) is 0 Å². The molecule has 1 aromatic carbocycles. The zero-order valence-corrected chi connectivity index (χ0v) is 7.27. The lowest BCUT2D eigenvalue weighted by atomic mass is 10.3. The van der Waals surface area contributed by atoms with Crippen molar-refractivity contribution < 1.29 is 4.42 Å². The Morgan fingerprint density at radius 2 is 2.09 bits per heavy atom. The molecule has 0 radical (unpaired) electrons. The largest absolute Gasteiger partial charge is 0.431 e. The van der Waals surface area contributed by atoms with E-state index >= 15 is 0 Å². The predicted molar refractivity (Wildman–Crippen MR) is 48.5 cm³/mol. The van der Waals surface area contributed by atoms with Gasteiger partial charge in [-0.2, -0.15) is 0 Å². The number of aromatic nitrogens is 1. The molecule has 0 unspecified atom stereocenters. The molecule has 0 fully saturated rings. The molecule has 0 bridgehead atoms. The summed E-state index contributed by atoms with van der Waals surface area (Å²) in [6.45, 7) is 0. The van der Waals surface area contributed by atoms with Gasteiger partial charge in [-0.25, -0.2) is 4.98 Å². The maximum absolute atomic E-state index is 5.15. The molecule has 2 rings (SSSR count). The van der Waals surface area contributed by atoms with E-state index in [2.05, 4.69) is 30.2 Å². The molecule has 0 aliphatic carbocycles. The SMILES string of the molecule is Sc1nc2c(S)cccc2o1. The van der Waals surface area contributed by atoms with Crippen LogP contribution in [0.2, 0.25) is 0 Å². The van der Waals surface area contributed by atoms with E-state index in [1.165, 1.54) is 0 Å². The Labute approximate surface area is 74.4 Å². The Balaban J connectivity index is 2.90. The monoisotopic (exact) mass is 183 g/mol. The fraction of sp³-hybridized carbons (Fsp3) is 0. The second-order valence-corrected chi connectivity index (χ2v) is 2.98. The molecule has 0 saturated heterocycles. The minimum Gasteiger partial charge on any atom is -0.431 e. The maximum atomic E-state index is 5.15. The van der Waals surface area contributed by atoms with Crippen molar-refractivity contribution in [1.82, 2.24) is 4.98 Å². The molecule has 0 amide bonds. The topological polar surface area (TPSA) is 26.0 Å². The highest BCUT2D eigenvalue weighted by Gasteiger charge is 2.03. The van der Waals surface area contributed by atoms with Crippen LogP contribution in [0.1, 0.15) is 0 Å². The predicted octanol–water partition coefficient (Wildman–Crippen LogP) is 2.41. The van der Waals surface area contributed by atoms with E-state index in [4.69, 9.17) is 4.42 Å². The first-order valence-corrected chi connectivity index (χ1v) is 3.94. The van der Waals surface area contributed by atoms with E-state index in [-0.39, 0.29) is 0 Å². The summed E-state index contributed by atoms with van der Waals surface area (Å²) in [6, 6.07) is 5.56. The van der Waals surface area contributed by atoms with Crippen LogP contribution in [0.3, 0.4) is 0 Å². The Hall–Kier alpha value is -0.610. The summed E-state index contributed by atoms with van der Waals surface area (Å²) in [6.07, 6.45) is 0. The molecule has 4 heteroatoms. The molecular formula is C7H5NOS2. The number of rotatable bonds is 0. The maximum Gasteiger partial charge on any atom is 0.253 e. The van der Waals surface area contributed by atoms with Crippen LogP contribution in [0.15, 0.2) is 32.7 Å². The van der Waals surface area contributed by atoms with Gasteiger partial charge in [-0.3, -0.25) is 0 Å². The van der Waals surface area contributed by atoms with Crippen LogP contribution in [0, 0.1) is 0 Å². The third-order valence-electron chi connectivity index (χ3n) is 1.39. The van der Waals surface area contributed by atoms with Gasteiger partial charge in [0, 0.05) is 4.90 Å². The van der Waals surface area contributed by atoms with Gasteiger partial charge in [0.1, 0.15) is 5.52 Å². The Kier molecular flexibility index (Phi) is 1.58. The zero-order chi connectivity index (χ0) is 7.84. The average Bonchev–Trinajstić information content (AvgIpc) is 2.31. The highest BCUT2D eigenvalue weighted by Crippen LogP contribution is 2.22. The van der Waals surface area contributed by atoms with Gasteiger partial charge in [0.2, 0.25) is 0 Å². The molecule has 0 N–H and O–H groups in total. The van der Waals surface area contributed by atoms with Gasteiger partial charge in [-0.1, -0.05) is 18.7 Å². The highest BCUT2D eigenvalue weighted by atomic mass is 32.1. The van der Waals surface area contributed by atoms with E-state index < -0.39 is 0 Å². The number of oxazole rings is 1. The number of benzene rings is 1. The molecule has 2 nitrogen and oxygen atoms in total. The molecule has 2 aromatic rings. The molecular weight excluding hydrogens is 178 g/mol. The number of para-hydroxylation sites is 1. The van der Waals surface area contributed by atoms with Crippen molar-refractivity contribution in [3.05, 3.63) is 18.2 Å². The third-order valence-corrected chi connectivity index (χ3v) is 1.94. The summed E-state index contributed by atoms with van der Waals surface area (Å²) < 4.78 is 5.15. The van der Waals surface area contributed by atoms with Crippen LogP contribution < -0.4 is 0 Å². The number of fused-ring (bicyclic) bond motifs is 1. The summed E-state index contributed by atoms with van der Waals surface area (Å²) in [7, 11) is 0. The van der Waals surface area contributed by atoms with E-state index in [1.54, 1.807) is 0 Å². The summed E-state index contributed by atoms with van der Waals surface area (Å²) in [5, 5.41) is 0.376. The number of thiol groups is 2. The lowest BCUT2D eigenvalue weighted by Gasteiger charge is -1.87. The number of nitrogens with zero attached hydrogens (tertiary/aromatic N) is 1. The van der Waals surface area contributed by atoms with Crippen molar-refractivity contribution in [2.24, 2.45) is 0 Å². The van der Waals surface area contributed by atoms with Crippen LogP contribution >= 0.6 is 25.3 Å². The van der Waals surface area contributed by atoms with Gasteiger partial charge in [0.25, 0.3) is 5.22 Å². The van der Waals surface area contributed by atoms with Crippen LogP contribution in [0.5, 0.6) is 0 Å². The Morgan fingerprint density at radius 1 is 1.27 bits per heavy atom. The van der Waals surface area contributed by atoms with Crippen molar-refractivity contribution >= 4 is 36.4 Å². The van der Waals surface area contributed by atoms with Crippen LogP contribution in [-0.2, 0) is 0 Å². The van der Waals surface area contributed by atoms with Crippen LogP contribution in [0.4, 0.5) is 0 Å². The quantitative estimate of drug-likeness (QED) is 0.613. The van der Waals surface area contributed by atoms with Gasteiger partial charge in [-0.15, -0.1) is 12.6 Å². The van der Waals surface area contributed by atoms with Crippen molar-refractivity contribution in [3.63, 3.8) is 0 Å². The highest BCUT2D eigenvalue weighted by molar-refractivity contribution is 7.80. The number of hydrogen-bond donors (Lipinski definition) is 2. The zero-order valence-electron chi connectivity index (χ0n) is 5.48. The molecule has 0 aliphatic heterocycles. The van der Waals surface area contributed by atoms with Crippen LogP contribution in [-0.4, -0.2) is 4.98 Å². The first-order chi connectivity index (χ1) is 5.27. The first kappa shape index (κ1) is 7.06. The first-order valence-electron chi connectivity index (χ1n) is 3.05. The third kappa shape index (κ3) is 1.12. The van der Waals surface area contributed by atoms with Crippen LogP contribution in [0.25, 0.3) is 11.1 Å². The molecule has 11 heavy (non-hydrogen) atoms. The molecule has 0 spiro atoms. The van der Waals surface area contributed by atoms with Crippen molar-refractivity contribution in [3.8, 4) is 0 Å². The van der Waals surface area contributed by atoms with Gasteiger partial charge < -0.3 is 4.42 Å². The average molecular weight is 183 g/mol. The molecule has 1 heterocycles. The van der Waals surface area contributed by atoms with Gasteiger partial charge >= 0.3 is 0 Å². The van der Waals surface area contributed by atoms with E-state index in [0.29, 0.717) is 5.22 Å². The van der Waals surface area contributed by atoms with E-state index in [1.807, 2.05) is 18.2 Å². The minimum atomic E-state index is 0.376. The lowest BCUT2D eigenvalue weighted by Crippen LogP contribution is -1.69. The smallest absolute Gasteiger partial charge is 0.253 e. The van der Waals surface area contributed by atoms with Crippen molar-refractivity contribution in [2.75, 3.05) is 0 Å². The summed E-state index contributed by atoms with van der Waals surface area (Å²) in [5.41, 5.74) is 1.49. The minimum absolute atomic E-state index is 0.376. The van der Waals surface area contributed by atoms with Gasteiger partial charge in [0.15, 0.2) is 5.58 Å². The normalized spacial score (nSPS) is 10.7. The molecule has 56 valence electrons.